The zero-order valence-corrected chi connectivity index (χ0v) is 12.7. The fraction of sp³-hybridized carbons (Fsp3) is 0.222. The average Bonchev–Trinajstić information content (AvgIpc) is 2.53. The van der Waals surface area contributed by atoms with Crippen LogP contribution in [0.4, 0.5) is 0 Å². The van der Waals surface area contributed by atoms with Crippen molar-refractivity contribution in [2.24, 2.45) is 0 Å². The van der Waals surface area contributed by atoms with Gasteiger partial charge in [0, 0.05) is 11.1 Å². The van der Waals surface area contributed by atoms with E-state index in [0.29, 0.717) is 22.4 Å². The summed E-state index contributed by atoms with van der Waals surface area (Å²) >= 11 is 0. The smallest absolute Gasteiger partial charge is 0.339 e. The lowest BCUT2D eigenvalue weighted by atomic mass is 9.91. The molecule has 0 spiro atoms. The molecular formula is C18H16O4. The van der Waals surface area contributed by atoms with E-state index in [1.54, 1.807) is 24.3 Å². The Hall–Kier alpha value is -2.62. The summed E-state index contributed by atoms with van der Waals surface area (Å²) in [6.45, 7) is 3.91. The number of aryl methyl sites for hydroxylation is 2. The number of Topliss-reactive ketones (excluding diaryl/α,β-unsaturated/α-hetero) is 1. The number of methoxy groups -OCH3 is 1. The molecule has 0 N–H and O–H groups in total. The molecule has 4 nitrogen and oxygen atoms in total. The second-order valence-corrected chi connectivity index (χ2v) is 5.37. The van der Waals surface area contributed by atoms with Crippen LogP contribution >= 0.6 is 0 Å². The highest BCUT2D eigenvalue weighted by molar-refractivity contribution is 6.12. The van der Waals surface area contributed by atoms with Crippen molar-refractivity contribution in [1.82, 2.24) is 0 Å². The predicted octanol–water partition coefficient (Wildman–Crippen LogP) is 3.41. The summed E-state index contributed by atoms with van der Waals surface area (Å²) in [6.07, 6.45) is -0.961. The standard InChI is InChI=1S/C18H16O4/c1-10-8-14(15(21-3)9-11(10)2)17-16(19)12-6-4-5-7-13(12)18(20)22-17/h4-9,17H,1-3H3. The van der Waals surface area contributed by atoms with Gasteiger partial charge in [-0.3, -0.25) is 4.79 Å². The Morgan fingerprint density at radius 1 is 1.00 bits per heavy atom. The Morgan fingerprint density at radius 3 is 2.32 bits per heavy atom. The minimum absolute atomic E-state index is 0.225. The van der Waals surface area contributed by atoms with E-state index in [4.69, 9.17) is 9.47 Å². The maximum atomic E-state index is 12.7. The van der Waals surface area contributed by atoms with Crippen LogP contribution in [0.2, 0.25) is 0 Å². The number of carbonyl (C=O) groups is 2. The van der Waals surface area contributed by atoms with Crippen LogP contribution in [-0.2, 0) is 4.74 Å². The van der Waals surface area contributed by atoms with Gasteiger partial charge in [-0.1, -0.05) is 18.2 Å². The van der Waals surface area contributed by atoms with Crippen molar-refractivity contribution in [2.45, 2.75) is 20.0 Å². The second kappa shape index (κ2) is 5.30. The summed E-state index contributed by atoms with van der Waals surface area (Å²) in [5, 5.41) is 0. The molecule has 0 aliphatic carbocycles. The van der Waals surface area contributed by atoms with Crippen molar-refractivity contribution in [3.05, 3.63) is 64.2 Å². The summed E-state index contributed by atoms with van der Waals surface area (Å²) < 4.78 is 10.7. The highest BCUT2D eigenvalue weighted by atomic mass is 16.5. The molecule has 0 radical (unpaired) electrons. The Bertz CT molecular complexity index is 777. The molecular weight excluding hydrogens is 280 g/mol. The van der Waals surface area contributed by atoms with E-state index in [1.165, 1.54) is 7.11 Å². The summed E-state index contributed by atoms with van der Waals surface area (Å²) in [6, 6.07) is 10.4. The summed E-state index contributed by atoms with van der Waals surface area (Å²) in [7, 11) is 1.54. The van der Waals surface area contributed by atoms with E-state index in [2.05, 4.69) is 0 Å². The number of cyclic esters (lactones) is 1. The molecule has 4 heteroatoms. The monoisotopic (exact) mass is 296 g/mol. The summed E-state index contributed by atoms with van der Waals surface area (Å²) in [4.78, 5) is 24.8. The third-order valence-corrected chi connectivity index (χ3v) is 4.00. The number of ether oxygens (including phenoxy) is 2. The van der Waals surface area contributed by atoms with Crippen molar-refractivity contribution in [2.75, 3.05) is 7.11 Å². The van der Waals surface area contributed by atoms with E-state index in [-0.39, 0.29) is 5.78 Å². The number of ketones is 1. The van der Waals surface area contributed by atoms with Gasteiger partial charge in [-0.05, 0) is 43.2 Å². The molecule has 0 bridgehead atoms. The third-order valence-electron chi connectivity index (χ3n) is 4.00. The fourth-order valence-electron chi connectivity index (χ4n) is 2.64. The SMILES string of the molecule is COc1cc(C)c(C)cc1C1OC(=O)c2ccccc2C1=O. The van der Waals surface area contributed by atoms with Crippen LogP contribution in [0.3, 0.4) is 0 Å². The number of carbonyl (C=O) groups excluding carboxylic acids is 2. The molecule has 0 fully saturated rings. The summed E-state index contributed by atoms with van der Waals surface area (Å²) in [5.74, 6) is -0.161. The molecule has 0 aromatic heterocycles. The number of fused-ring (bicyclic) bond motifs is 1. The van der Waals surface area contributed by atoms with Gasteiger partial charge >= 0.3 is 5.97 Å². The van der Waals surface area contributed by atoms with Crippen molar-refractivity contribution in [1.29, 1.82) is 0 Å². The lowest BCUT2D eigenvalue weighted by Gasteiger charge is -2.25. The quantitative estimate of drug-likeness (QED) is 0.797. The van der Waals surface area contributed by atoms with Crippen molar-refractivity contribution in [3.8, 4) is 5.75 Å². The number of rotatable bonds is 2. The molecule has 1 unspecified atom stereocenters. The van der Waals surface area contributed by atoms with Gasteiger partial charge in [-0.2, -0.15) is 0 Å². The van der Waals surface area contributed by atoms with E-state index in [0.717, 1.165) is 11.1 Å². The average molecular weight is 296 g/mol. The van der Waals surface area contributed by atoms with Crippen LogP contribution in [0.15, 0.2) is 36.4 Å². The molecule has 1 aliphatic rings. The molecule has 112 valence electrons. The van der Waals surface area contributed by atoms with Gasteiger partial charge in [0.2, 0.25) is 5.78 Å². The van der Waals surface area contributed by atoms with Gasteiger partial charge in [0.25, 0.3) is 0 Å². The van der Waals surface area contributed by atoms with Crippen molar-refractivity contribution >= 4 is 11.8 Å². The highest BCUT2D eigenvalue weighted by Crippen LogP contribution is 2.36. The zero-order chi connectivity index (χ0) is 15.9. The summed E-state index contributed by atoms with van der Waals surface area (Å²) in [5.41, 5.74) is 3.35. The maximum absolute atomic E-state index is 12.7. The van der Waals surface area contributed by atoms with Gasteiger partial charge in [0.05, 0.1) is 12.7 Å². The largest absolute Gasteiger partial charge is 0.496 e. The first-order valence-corrected chi connectivity index (χ1v) is 7.02. The van der Waals surface area contributed by atoms with E-state index < -0.39 is 12.1 Å². The Morgan fingerprint density at radius 2 is 1.64 bits per heavy atom. The van der Waals surface area contributed by atoms with Gasteiger partial charge in [-0.25, -0.2) is 4.79 Å². The van der Waals surface area contributed by atoms with Crippen LogP contribution in [0.5, 0.6) is 5.75 Å². The molecule has 0 amide bonds. The first kappa shape index (κ1) is 14.3. The molecule has 2 aromatic rings. The van der Waals surface area contributed by atoms with Gasteiger partial charge < -0.3 is 9.47 Å². The second-order valence-electron chi connectivity index (χ2n) is 5.37. The van der Waals surface area contributed by atoms with E-state index in [9.17, 15) is 9.59 Å². The molecule has 3 rings (SSSR count). The van der Waals surface area contributed by atoms with Gasteiger partial charge in [-0.15, -0.1) is 0 Å². The Labute approximate surface area is 128 Å². The van der Waals surface area contributed by atoms with Crippen molar-refractivity contribution < 1.29 is 19.1 Å². The molecule has 0 saturated carbocycles. The lowest BCUT2D eigenvalue weighted by molar-refractivity contribution is 0.0238. The van der Waals surface area contributed by atoms with Gasteiger partial charge in [0.15, 0.2) is 6.10 Å². The number of benzene rings is 2. The van der Waals surface area contributed by atoms with Crippen molar-refractivity contribution in [3.63, 3.8) is 0 Å². The fourth-order valence-corrected chi connectivity index (χ4v) is 2.64. The van der Waals surface area contributed by atoms with Crippen LogP contribution in [-0.4, -0.2) is 18.9 Å². The van der Waals surface area contributed by atoms with Crippen LogP contribution < -0.4 is 4.74 Å². The third kappa shape index (κ3) is 2.17. The van der Waals surface area contributed by atoms with Gasteiger partial charge in [0.1, 0.15) is 5.75 Å². The first-order valence-electron chi connectivity index (χ1n) is 7.02. The normalized spacial score (nSPS) is 17.0. The highest BCUT2D eigenvalue weighted by Gasteiger charge is 2.36. The topological polar surface area (TPSA) is 52.6 Å². The number of esters is 1. The van der Waals surface area contributed by atoms with E-state index >= 15 is 0 Å². The lowest BCUT2D eigenvalue weighted by Crippen LogP contribution is -2.28. The minimum atomic E-state index is -0.961. The van der Waals surface area contributed by atoms with Crippen LogP contribution in [0.1, 0.15) is 43.5 Å². The number of hydrogen-bond donors (Lipinski definition) is 0. The molecule has 1 heterocycles. The molecule has 1 aliphatic heterocycles. The molecule has 1 atom stereocenters. The Balaban J connectivity index is 2.13. The van der Waals surface area contributed by atoms with E-state index in [1.807, 2.05) is 26.0 Å². The minimum Gasteiger partial charge on any atom is -0.496 e. The first-order chi connectivity index (χ1) is 10.5. The predicted molar refractivity (Wildman–Crippen MR) is 81.4 cm³/mol. The van der Waals surface area contributed by atoms with Crippen LogP contribution in [0, 0.1) is 13.8 Å². The molecule has 22 heavy (non-hydrogen) atoms. The zero-order valence-electron chi connectivity index (χ0n) is 12.7. The maximum Gasteiger partial charge on any atom is 0.339 e. The number of hydrogen-bond acceptors (Lipinski definition) is 4. The molecule has 2 aromatic carbocycles. The molecule has 0 saturated heterocycles. The Kier molecular flexibility index (Phi) is 3.45. The van der Waals surface area contributed by atoms with Crippen LogP contribution in [0.25, 0.3) is 0 Å².